The molecule has 1 unspecified atom stereocenters. The van der Waals surface area contributed by atoms with Crippen molar-refractivity contribution in [1.29, 1.82) is 0 Å². The van der Waals surface area contributed by atoms with Crippen molar-refractivity contribution in [2.75, 3.05) is 7.11 Å². The van der Waals surface area contributed by atoms with Crippen molar-refractivity contribution < 1.29 is 4.74 Å². The molecule has 1 aliphatic rings. The lowest BCUT2D eigenvalue weighted by Gasteiger charge is -2.27. The summed E-state index contributed by atoms with van der Waals surface area (Å²) in [6.07, 6.45) is 5.48. The monoisotopic (exact) mass is 271 g/mol. The number of hydrogen-bond donors (Lipinski definition) is 2. The Morgan fingerprint density at radius 3 is 3.10 bits per heavy atom. The van der Waals surface area contributed by atoms with Crippen LogP contribution in [0.15, 0.2) is 24.4 Å². The van der Waals surface area contributed by atoms with Gasteiger partial charge in [-0.2, -0.15) is 5.10 Å². The van der Waals surface area contributed by atoms with Gasteiger partial charge in [-0.15, -0.1) is 0 Å². The van der Waals surface area contributed by atoms with Crippen LogP contribution in [0.25, 0.3) is 0 Å². The Hall–Kier alpha value is -1.81. The summed E-state index contributed by atoms with van der Waals surface area (Å²) in [4.78, 5) is 0. The number of fused-ring (bicyclic) bond motifs is 1. The minimum Gasteiger partial charge on any atom is -0.497 e. The molecule has 0 bridgehead atoms. The van der Waals surface area contributed by atoms with Gasteiger partial charge in [0, 0.05) is 23.8 Å². The molecule has 1 heterocycles. The molecular weight excluding hydrogens is 250 g/mol. The van der Waals surface area contributed by atoms with Crippen molar-refractivity contribution in [3.05, 3.63) is 46.8 Å². The second-order valence-electron chi connectivity index (χ2n) is 5.41. The van der Waals surface area contributed by atoms with Gasteiger partial charge in [0.1, 0.15) is 5.75 Å². The number of rotatable bonds is 4. The van der Waals surface area contributed by atoms with Crippen molar-refractivity contribution >= 4 is 0 Å². The van der Waals surface area contributed by atoms with E-state index in [-0.39, 0.29) is 0 Å². The van der Waals surface area contributed by atoms with Gasteiger partial charge in [-0.25, -0.2) is 0 Å². The van der Waals surface area contributed by atoms with Crippen LogP contribution in [0.4, 0.5) is 0 Å². The first-order chi connectivity index (χ1) is 9.78. The van der Waals surface area contributed by atoms with Gasteiger partial charge in [-0.05, 0) is 49.4 Å². The molecule has 106 valence electrons. The van der Waals surface area contributed by atoms with Crippen LogP contribution in [0.5, 0.6) is 5.75 Å². The van der Waals surface area contributed by atoms with Crippen molar-refractivity contribution in [1.82, 2.24) is 15.5 Å². The Labute approximate surface area is 119 Å². The highest BCUT2D eigenvalue weighted by molar-refractivity contribution is 5.39. The summed E-state index contributed by atoms with van der Waals surface area (Å²) < 4.78 is 5.36. The minimum absolute atomic E-state index is 0.406. The van der Waals surface area contributed by atoms with Gasteiger partial charge >= 0.3 is 0 Å². The Kier molecular flexibility index (Phi) is 3.74. The number of methoxy groups -OCH3 is 1. The lowest BCUT2D eigenvalue weighted by Crippen LogP contribution is -2.25. The molecule has 1 aromatic heterocycles. The molecule has 1 atom stereocenters. The smallest absolute Gasteiger partial charge is 0.119 e. The predicted molar refractivity (Wildman–Crippen MR) is 78.8 cm³/mol. The van der Waals surface area contributed by atoms with Gasteiger partial charge in [-0.3, -0.25) is 5.10 Å². The molecule has 0 spiro atoms. The molecule has 2 aromatic rings. The third-order valence-corrected chi connectivity index (χ3v) is 4.14. The van der Waals surface area contributed by atoms with E-state index in [0.717, 1.165) is 18.0 Å². The highest BCUT2D eigenvalue weighted by Crippen LogP contribution is 2.32. The average molecular weight is 271 g/mol. The number of hydrogen-bond acceptors (Lipinski definition) is 3. The number of benzene rings is 1. The van der Waals surface area contributed by atoms with Crippen LogP contribution in [0, 0.1) is 6.92 Å². The predicted octanol–water partition coefficient (Wildman–Crippen LogP) is 2.89. The first kappa shape index (κ1) is 13.2. The van der Waals surface area contributed by atoms with Crippen LogP contribution in [-0.4, -0.2) is 17.3 Å². The van der Waals surface area contributed by atoms with Gasteiger partial charge in [0.25, 0.3) is 0 Å². The summed E-state index contributed by atoms with van der Waals surface area (Å²) in [7, 11) is 1.72. The van der Waals surface area contributed by atoms with Gasteiger partial charge in [0.15, 0.2) is 0 Å². The molecule has 3 rings (SSSR count). The second kappa shape index (κ2) is 5.67. The highest BCUT2D eigenvalue weighted by Gasteiger charge is 2.20. The molecule has 0 saturated heterocycles. The number of nitrogens with one attached hydrogen (secondary N) is 2. The molecule has 0 aliphatic heterocycles. The van der Waals surface area contributed by atoms with Gasteiger partial charge < -0.3 is 10.1 Å². The van der Waals surface area contributed by atoms with E-state index in [1.54, 1.807) is 7.11 Å². The van der Waals surface area contributed by atoms with Crippen LogP contribution in [0.3, 0.4) is 0 Å². The molecule has 4 heteroatoms. The van der Waals surface area contributed by atoms with Crippen LogP contribution in [-0.2, 0) is 13.0 Å². The van der Waals surface area contributed by atoms with Crippen molar-refractivity contribution in [2.45, 2.75) is 38.8 Å². The molecule has 0 radical (unpaired) electrons. The molecule has 1 aromatic carbocycles. The third-order valence-electron chi connectivity index (χ3n) is 4.14. The zero-order valence-corrected chi connectivity index (χ0v) is 12.1. The highest BCUT2D eigenvalue weighted by atomic mass is 16.5. The van der Waals surface area contributed by atoms with Gasteiger partial charge in [0.05, 0.1) is 13.3 Å². The summed E-state index contributed by atoms with van der Waals surface area (Å²) in [6.45, 7) is 2.91. The molecule has 0 amide bonds. The van der Waals surface area contributed by atoms with Crippen LogP contribution < -0.4 is 10.1 Å². The van der Waals surface area contributed by atoms with E-state index in [0.29, 0.717) is 6.04 Å². The van der Waals surface area contributed by atoms with E-state index in [1.807, 2.05) is 6.20 Å². The molecule has 0 fully saturated rings. The Morgan fingerprint density at radius 2 is 2.35 bits per heavy atom. The lowest BCUT2D eigenvalue weighted by atomic mass is 9.87. The zero-order chi connectivity index (χ0) is 13.9. The molecule has 0 saturated carbocycles. The fourth-order valence-corrected chi connectivity index (χ4v) is 2.90. The Bertz CT molecular complexity index is 591. The molecule has 2 N–H and O–H groups in total. The largest absolute Gasteiger partial charge is 0.497 e. The van der Waals surface area contributed by atoms with E-state index >= 15 is 0 Å². The van der Waals surface area contributed by atoms with E-state index in [1.165, 1.54) is 36.0 Å². The topological polar surface area (TPSA) is 49.9 Å². The first-order valence-corrected chi connectivity index (χ1v) is 7.17. The van der Waals surface area contributed by atoms with Crippen LogP contribution in [0.1, 0.15) is 41.3 Å². The summed E-state index contributed by atoms with van der Waals surface area (Å²) >= 11 is 0. The van der Waals surface area contributed by atoms with Crippen LogP contribution >= 0.6 is 0 Å². The number of H-pyrrole nitrogens is 1. The Balaban J connectivity index is 1.77. The maximum absolute atomic E-state index is 5.36. The lowest BCUT2D eigenvalue weighted by molar-refractivity contribution is 0.408. The SMILES string of the molecule is COc1ccc2c(c1)C(NCc1cn[nH]c1C)CCC2. The van der Waals surface area contributed by atoms with E-state index < -0.39 is 0 Å². The maximum atomic E-state index is 5.36. The molecule has 20 heavy (non-hydrogen) atoms. The van der Waals surface area contributed by atoms with Crippen LogP contribution in [0.2, 0.25) is 0 Å². The van der Waals surface area contributed by atoms with Gasteiger partial charge in [0.2, 0.25) is 0 Å². The summed E-state index contributed by atoms with van der Waals surface area (Å²) in [5.41, 5.74) is 5.20. The van der Waals surface area contributed by atoms with Gasteiger partial charge in [-0.1, -0.05) is 6.07 Å². The number of aryl methyl sites for hydroxylation is 2. The zero-order valence-electron chi connectivity index (χ0n) is 12.1. The normalized spacial score (nSPS) is 17.8. The van der Waals surface area contributed by atoms with E-state index in [4.69, 9.17) is 4.74 Å². The summed E-state index contributed by atoms with van der Waals surface area (Å²) in [5, 5.41) is 10.7. The first-order valence-electron chi connectivity index (χ1n) is 7.17. The fraction of sp³-hybridized carbons (Fsp3) is 0.438. The third kappa shape index (κ3) is 2.56. The molecular formula is C16H21N3O. The van der Waals surface area contributed by atoms with Crippen molar-refractivity contribution in [3.8, 4) is 5.75 Å². The van der Waals surface area contributed by atoms with Crippen molar-refractivity contribution in [2.24, 2.45) is 0 Å². The minimum atomic E-state index is 0.406. The molecule has 1 aliphatic carbocycles. The standard InChI is InChI=1S/C16H21N3O/c1-11-13(10-18-19-11)9-17-16-5-3-4-12-6-7-14(20-2)8-15(12)16/h6-8,10,16-17H,3-5,9H2,1-2H3,(H,18,19). The summed E-state index contributed by atoms with van der Waals surface area (Å²) in [6, 6.07) is 6.84. The van der Waals surface area contributed by atoms with E-state index in [2.05, 4.69) is 40.6 Å². The average Bonchev–Trinajstić information content (AvgIpc) is 2.89. The molecule has 4 nitrogen and oxygen atoms in total. The van der Waals surface area contributed by atoms with Crippen molar-refractivity contribution in [3.63, 3.8) is 0 Å². The maximum Gasteiger partial charge on any atom is 0.119 e. The number of ether oxygens (including phenoxy) is 1. The fourth-order valence-electron chi connectivity index (χ4n) is 2.90. The number of nitrogens with zero attached hydrogens (tertiary/aromatic N) is 1. The van der Waals surface area contributed by atoms with E-state index in [9.17, 15) is 0 Å². The quantitative estimate of drug-likeness (QED) is 0.899. The Morgan fingerprint density at radius 1 is 1.45 bits per heavy atom. The second-order valence-corrected chi connectivity index (χ2v) is 5.41. The number of aromatic nitrogens is 2. The summed E-state index contributed by atoms with van der Waals surface area (Å²) in [5.74, 6) is 0.942. The number of aromatic amines is 1.